The molecule has 0 N–H and O–H groups in total. The zero-order valence-corrected chi connectivity index (χ0v) is 25.1. The van der Waals surface area contributed by atoms with Crippen LogP contribution in [0, 0.1) is 0 Å². The monoisotopic (exact) mass is 636 g/mol. The Balaban J connectivity index is 0.00000840. The predicted octanol–water partition coefficient (Wildman–Crippen LogP) is -6.60. The summed E-state index contributed by atoms with van der Waals surface area (Å²) < 4.78 is 65.2. The van der Waals surface area contributed by atoms with Crippen LogP contribution in [0.5, 0.6) is 0 Å². The van der Waals surface area contributed by atoms with Gasteiger partial charge in [0.2, 0.25) is 0 Å². The third kappa shape index (κ3) is 10.4. The van der Waals surface area contributed by atoms with Crippen molar-refractivity contribution in [1.82, 2.24) is 10.1 Å². The summed E-state index contributed by atoms with van der Waals surface area (Å²) in [7, 11) is -9.06. The van der Waals surface area contributed by atoms with E-state index in [0.29, 0.717) is 0 Å². The minimum absolute atomic E-state index is 0. The maximum atomic E-state index is 11.9. The van der Waals surface area contributed by atoms with Crippen LogP contribution in [-0.2, 0) is 77.5 Å². The standard InChI is InChI=1S/C19H22N2O17S2.Na/c1-39(30,31)10-8-12(22)20(18(10)28)37-16(26)4-2-14(24)35-6-7-36-15(25)3-5-17(27)38-21-13(23)9-11(19(21)29)40(32,33)34;/h10-11H,2-9H2,1H3,(H,32,33,34);/q;+1/p-1. The molecule has 2 aliphatic rings. The number of carbonyl (C=O) groups is 8. The Kier molecular flexibility index (Phi) is 13.0. The van der Waals surface area contributed by atoms with Gasteiger partial charge in [-0.05, 0) is 0 Å². The second-order valence-electron chi connectivity index (χ2n) is 8.13. The number of nitrogens with zero attached hydrogens (tertiary/aromatic N) is 2. The summed E-state index contributed by atoms with van der Waals surface area (Å²) in [5.41, 5.74) is 0. The van der Waals surface area contributed by atoms with E-state index in [0.717, 1.165) is 6.26 Å². The molecule has 0 aliphatic carbocycles. The molecule has 4 amide bonds. The van der Waals surface area contributed by atoms with Gasteiger partial charge in [-0.3, -0.25) is 28.8 Å². The van der Waals surface area contributed by atoms with Crippen molar-refractivity contribution in [3.8, 4) is 0 Å². The topological polar surface area (TPSA) is 271 Å². The number of ether oxygens (including phenoxy) is 2. The Bertz CT molecular complexity index is 1240. The summed E-state index contributed by atoms with van der Waals surface area (Å²) >= 11 is 0. The molecule has 0 bridgehead atoms. The van der Waals surface area contributed by atoms with Crippen molar-refractivity contribution in [2.24, 2.45) is 0 Å². The van der Waals surface area contributed by atoms with Crippen LogP contribution in [0.25, 0.3) is 0 Å². The van der Waals surface area contributed by atoms with Gasteiger partial charge in [-0.1, -0.05) is 0 Å². The summed E-state index contributed by atoms with van der Waals surface area (Å²) in [6, 6.07) is 0. The van der Waals surface area contributed by atoms with E-state index >= 15 is 0 Å². The molecular weight excluding hydrogens is 615 g/mol. The van der Waals surface area contributed by atoms with Gasteiger partial charge in [0, 0.05) is 6.26 Å². The van der Waals surface area contributed by atoms with E-state index in [1.807, 2.05) is 0 Å². The summed E-state index contributed by atoms with van der Waals surface area (Å²) in [4.78, 5) is 103. The molecule has 2 rings (SSSR count). The summed E-state index contributed by atoms with van der Waals surface area (Å²) in [6.45, 7) is -0.967. The van der Waals surface area contributed by atoms with Crippen LogP contribution in [0.4, 0.5) is 0 Å². The van der Waals surface area contributed by atoms with E-state index in [4.69, 9.17) is 4.74 Å². The molecule has 22 heteroatoms. The first-order valence-corrected chi connectivity index (χ1v) is 14.4. The van der Waals surface area contributed by atoms with Crippen LogP contribution in [0.1, 0.15) is 38.5 Å². The predicted molar refractivity (Wildman–Crippen MR) is 118 cm³/mol. The molecule has 41 heavy (non-hydrogen) atoms. The number of amides is 4. The van der Waals surface area contributed by atoms with Gasteiger partial charge in [-0.2, -0.15) is 0 Å². The number of hydroxylamine groups is 4. The molecule has 2 fully saturated rings. The zero-order valence-electron chi connectivity index (χ0n) is 21.5. The van der Waals surface area contributed by atoms with Gasteiger partial charge in [0.15, 0.2) is 15.1 Å². The maximum Gasteiger partial charge on any atom is 1.00 e. The van der Waals surface area contributed by atoms with Gasteiger partial charge in [0.25, 0.3) is 23.6 Å². The van der Waals surface area contributed by atoms with Crippen LogP contribution < -0.4 is 29.6 Å². The largest absolute Gasteiger partial charge is 1.00 e. The molecule has 2 unspecified atom stereocenters. The van der Waals surface area contributed by atoms with Crippen molar-refractivity contribution in [3.05, 3.63) is 0 Å². The smallest absolute Gasteiger partial charge is 0.747 e. The second kappa shape index (κ2) is 14.8. The van der Waals surface area contributed by atoms with Gasteiger partial charge in [-0.25, -0.2) is 26.4 Å². The molecule has 0 radical (unpaired) electrons. The van der Waals surface area contributed by atoms with Crippen molar-refractivity contribution in [1.29, 1.82) is 0 Å². The molecule has 0 saturated carbocycles. The number of rotatable bonds is 13. The van der Waals surface area contributed by atoms with E-state index < -0.39 is 130 Å². The van der Waals surface area contributed by atoms with E-state index in [1.54, 1.807) is 0 Å². The molecule has 2 aliphatic heterocycles. The van der Waals surface area contributed by atoms with E-state index in [-0.39, 0.29) is 39.7 Å². The van der Waals surface area contributed by atoms with E-state index in [1.165, 1.54) is 0 Å². The summed E-state index contributed by atoms with van der Waals surface area (Å²) in [6.07, 6.45) is -3.51. The van der Waals surface area contributed by atoms with Crippen LogP contribution >= 0.6 is 0 Å². The fraction of sp³-hybridized carbons (Fsp3) is 0.579. The third-order valence-electron chi connectivity index (χ3n) is 5.05. The van der Waals surface area contributed by atoms with Gasteiger partial charge in [0.1, 0.15) is 28.6 Å². The fourth-order valence-corrected chi connectivity index (χ4v) is 4.67. The number of sulfone groups is 1. The van der Waals surface area contributed by atoms with Gasteiger partial charge in [0.05, 0.1) is 38.5 Å². The molecule has 0 aromatic rings. The molecule has 2 saturated heterocycles. The average Bonchev–Trinajstić information content (AvgIpc) is 3.29. The molecule has 2 atom stereocenters. The number of imide groups is 2. The molecule has 19 nitrogen and oxygen atoms in total. The Morgan fingerprint density at radius 1 is 0.707 bits per heavy atom. The van der Waals surface area contributed by atoms with Crippen molar-refractivity contribution < 1.29 is 108 Å². The van der Waals surface area contributed by atoms with Crippen molar-refractivity contribution >= 4 is 67.5 Å². The summed E-state index contributed by atoms with van der Waals surface area (Å²) in [5, 5.41) is -4.05. The van der Waals surface area contributed by atoms with Crippen LogP contribution in [0.15, 0.2) is 0 Å². The van der Waals surface area contributed by atoms with Crippen LogP contribution in [0.3, 0.4) is 0 Å². The van der Waals surface area contributed by atoms with Crippen LogP contribution in [-0.4, -0.2) is 109 Å². The quantitative estimate of drug-likeness (QED) is 0.0597. The van der Waals surface area contributed by atoms with Crippen molar-refractivity contribution in [2.45, 2.75) is 49.0 Å². The van der Waals surface area contributed by atoms with Gasteiger partial charge < -0.3 is 23.7 Å². The Hall–Kier alpha value is -2.98. The maximum absolute atomic E-state index is 11.9. The summed E-state index contributed by atoms with van der Waals surface area (Å²) in [5.74, 6) is -9.51. The fourth-order valence-electron chi connectivity index (χ4n) is 3.08. The van der Waals surface area contributed by atoms with Crippen molar-refractivity contribution in [3.63, 3.8) is 0 Å². The molecule has 222 valence electrons. The molecule has 0 spiro atoms. The van der Waals surface area contributed by atoms with E-state index in [9.17, 15) is 59.7 Å². The minimum Gasteiger partial charge on any atom is -0.747 e. The molecule has 0 aromatic carbocycles. The first kappa shape index (κ1) is 36.0. The van der Waals surface area contributed by atoms with Crippen molar-refractivity contribution in [2.75, 3.05) is 19.5 Å². The molecule has 0 aromatic heterocycles. The SMILES string of the molecule is CS(=O)(=O)C1CC(=O)N(OC(=O)CCC(=O)OCCOC(=O)CCC(=O)ON2C(=O)CC(S(=O)(=O)[O-])C2=O)C1=O.[Na+]. The third-order valence-corrected chi connectivity index (χ3v) is 7.52. The Morgan fingerprint density at radius 2 is 1.05 bits per heavy atom. The molecular formula is C19H21N2NaO17S2. The minimum atomic E-state index is -5.15. The first-order valence-electron chi connectivity index (χ1n) is 11.0. The van der Waals surface area contributed by atoms with E-state index in [2.05, 4.69) is 14.4 Å². The molecule has 2 heterocycles. The first-order chi connectivity index (χ1) is 18.4. The number of esters is 2. The number of carbonyl (C=O) groups excluding carboxylic acids is 8. The number of hydrogen-bond acceptors (Lipinski definition) is 17. The Labute approximate surface area is 253 Å². The zero-order chi connectivity index (χ0) is 30.4. The Morgan fingerprint density at radius 3 is 1.37 bits per heavy atom. The van der Waals surface area contributed by atoms with Gasteiger partial charge >= 0.3 is 53.4 Å². The normalized spacial score (nSPS) is 19.1. The van der Waals surface area contributed by atoms with Crippen LogP contribution in [0.2, 0.25) is 0 Å². The van der Waals surface area contributed by atoms with Gasteiger partial charge in [-0.15, -0.1) is 10.1 Å². The number of hydrogen-bond donors (Lipinski definition) is 0. The second-order valence-corrected chi connectivity index (χ2v) is 11.9. The average molecular weight is 636 g/mol.